The molecule has 35 heavy (non-hydrogen) atoms. The van der Waals surface area contributed by atoms with Crippen molar-refractivity contribution in [1.29, 1.82) is 0 Å². The zero-order valence-corrected chi connectivity index (χ0v) is 20.7. The van der Waals surface area contributed by atoms with Gasteiger partial charge >= 0.3 is 6.03 Å². The summed E-state index contributed by atoms with van der Waals surface area (Å²) >= 11 is 0. The lowest BCUT2D eigenvalue weighted by Crippen LogP contribution is -2.41. The van der Waals surface area contributed by atoms with Crippen molar-refractivity contribution in [3.63, 3.8) is 0 Å². The molecule has 0 aliphatic carbocycles. The van der Waals surface area contributed by atoms with E-state index in [4.69, 9.17) is 4.98 Å². The van der Waals surface area contributed by atoms with Crippen LogP contribution in [0.5, 0.6) is 0 Å². The minimum Gasteiger partial charge on any atom is -0.364 e. The molecule has 3 aromatic heterocycles. The van der Waals surface area contributed by atoms with Crippen LogP contribution in [-0.2, 0) is 6.54 Å². The van der Waals surface area contributed by atoms with E-state index >= 15 is 0 Å². The number of carbonyl (C=O) groups is 1. The van der Waals surface area contributed by atoms with Crippen LogP contribution in [0.4, 0.5) is 10.6 Å². The number of imidazole rings is 1. The van der Waals surface area contributed by atoms with Gasteiger partial charge in [0.15, 0.2) is 17.0 Å². The summed E-state index contributed by atoms with van der Waals surface area (Å²) in [7, 11) is -2.45. The molecule has 3 aromatic rings. The third-order valence-corrected chi connectivity index (χ3v) is 8.50. The number of rotatable bonds is 6. The van der Waals surface area contributed by atoms with Crippen LogP contribution in [0.3, 0.4) is 0 Å². The fourth-order valence-corrected chi connectivity index (χ4v) is 6.65. The van der Waals surface area contributed by atoms with E-state index in [1.807, 2.05) is 18.4 Å². The van der Waals surface area contributed by atoms with Crippen LogP contribution in [0.2, 0.25) is 0 Å². The maximum atomic E-state index is 12.7. The number of likely N-dealkylation sites (tertiary alicyclic amines) is 1. The first-order chi connectivity index (χ1) is 16.8. The Kier molecular flexibility index (Phi) is 6.47. The summed E-state index contributed by atoms with van der Waals surface area (Å²) in [6.07, 6.45) is 6.57. The Morgan fingerprint density at radius 1 is 1.20 bits per heavy atom. The van der Waals surface area contributed by atoms with E-state index in [0.717, 1.165) is 29.9 Å². The molecule has 2 aliphatic rings. The number of amides is 2. The molecule has 5 rings (SSSR count). The lowest BCUT2D eigenvalue weighted by atomic mass is 10.1. The minimum absolute atomic E-state index is 0.0373. The van der Waals surface area contributed by atoms with E-state index in [1.54, 1.807) is 17.3 Å². The second-order valence-electron chi connectivity index (χ2n) is 9.18. The number of nitrogens with zero attached hydrogens (tertiary/aromatic N) is 7. The van der Waals surface area contributed by atoms with Crippen molar-refractivity contribution < 1.29 is 13.9 Å². The molecule has 4 N–H and O–H groups in total. The lowest BCUT2D eigenvalue weighted by Gasteiger charge is -2.26. The van der Waals surface area contributed by atoms with Gasteiger partial charge in [-0.15, -0.1) is 0 Å². The van der Waals surface area contributed by atoms with Gasteiger partial charge in [-0.1, -0.05) is 0 Å². The van der Waals surface area contributed by atoms with Gasteiger partial charge in [0.05, 0.1) is 5.56 Å². The van der Waals surface area contributed by atoms with Crippen molar-refractivity contribution in [3.05, 3.63) is 24.5 Å². The maximum Gasteiger partial charge on any atom is 0.317 e. The Bertz CT molecular complexity index is 1220. The average molecular weight is 502 g/mol. The Labute approximate surface area is 205 Å². The first-order valence-corrected chi connectivity index (χ1v) is 13.7. The monoisotopic (exact) mass is 501 g/mol. The van der Waals surface area contributed by atoms with Crippen LogP contribution in [-0.4, -0.2) is 86.7 Å². The van der Waals surface area contributed by atoms with Gasteiger partial charge in [-0.05, 0) is 32.6 Å². The predicted molar refractivity (Wildman–Crippen MR) is 134 cm³/mol. The Morgan fingerprint density at radius 3 is 2.71 bits per heavy atom. The van der Waals surface area contributed by atoms with Crippen molar-refractivity contribution in [3.8, 4) is 11.4 Å². The molecule has 2 amide bonds. The SMILES string of the molecule is CCn1c(-c2cnc(C)nc2)nc2c(NC3CCN(C(=O)NCC4CCS(O)(O)C4)C3)ncnc21. The predicted octanol–water partition coefficient (Wildman–Crippen LogP) is 2.58. The topological polar surface area (TPSA) is 154 Å². The number of aryl methyl sites for hydroxylation is 2. The van der Waals surface area contributed by atoms with E-state index in [9.17, 15) is 13.9 Å². The van der Waals surface area contributed by atoms with Crippen molar-refractivity contribution in [2.24, 2.45) is 5.92 Å². The van der Waals surface area contributed by atoms with Crippen LogP contribution in [0.1, 0.15) is 25.6 Å². The Hall–Kier alpha value is -3.03. The van der Waals surface area contributed by atoms with Crippen LogP contribution in [0.25, 0.3) is 22.6 Å². The molecule has 2 aliphatic heterocycles. The molecule has 2 saturated heterocycles. The van der Waals surface area contributed by atoms with Crippen LogP contribution in [0.15, 0.2) is 18.7 Å². The number of urea groups is 1. The molecule has 5 heterocycles. The number of aromatic nitrogens is 6. The number of fused-ring (bicyclic) bond motifs is 1. The fraction of sp³-hybridized carbons (Fsp3) is 0.545. The summed E-state index contributed by atoms with van der Waals surface area (Å²) in [6.45, 7) is 6.21. The Balaban J connectivity index is 1.26. The first-order valence-electron chi connectivity index (χ1n) is 11.9. The second-order valence-corrected chi connectivity index (χ2v) is 11.5. The third-order valence-electron chi connectivity index (χ3n) is 6.60. The van der Waals surface area contributed by atoms with Crippen LogP contribution >= 0.6 is 10.6 Å². The van der Waals surface area contributed by atoms with Crippen molar-refractivity contribution in [2.75, 3.05) is 36.5 Å². The van der Waals surface area contributed by atoms with E-state index in [0.29, 0.717) is 54.8 Å². The van der Waals surface area contributed by atoms with Crippen LogP contribution in [0, 0.1) is 12.8 Å². The molecular weight excluding hydrogens is 470 g/mol. The molecule has 0 aromatic carbocycles. The summed E-state index contributed by atoms with van der Waals surface area (Å²) < 4.78 is 21.6. The number of carbonyl (C=O) groups excluding carboxylic acids is 1. The van der Waals surface area contributed by atoms with Crippen LogP contribution < -0.4 is 10.6 Å². The molecule has 2 unspecified atom stereocenters. The summed E-state index contributed by atoms with van der Waals surface area (Å²) in [5.41, 5.74) is 2.22. The molecule has 0 spiro atoms. The molecule has 188 valence electrons. The highest BCUT2D eigenvalue weighted by atomic mass is 32.3. The number of anilines is 1. The highest BCUT2D eigenvalue weighted by molar-refractivity contribution is 8.24. The van der Waals surface area contributed by atoms with Crippen molar-refractivity contribution >= 4 is 33.6 Å². The molecule has 13 heteroatoms. The third kappa shape index (κ3) is 5.02. The number of nitrogens with one attached hydrogen (secondary N) is 2. The smallest absolute Gasteiger partial charge is 0.317 e. The summed E-state index contributed by atoms with van der Waals surface area (Å²) in [5.74, 6) is 3.01. The summed E-state index contributed by atoms with van der Waals surface area (Å²) in [6, 6.07) is -0.0855. The van der Waals surface area contributed by atoms with E-state index in [1.165, 1.54) is 6.33 Å². The molecule has 2 fully saturated rings. The fourth-order valence-electron chi connectivity index (χ4n) is 4.73. The Morgan fingerprint density at radius 2 is 2.00 bits per heavy atom. The largest absolute Gasteiger partial charge is 0.364 e. The zero-order chi connectivity index (χ0) is 24.6. The average Bonchev–Trinajstić information content (AvgIpc) is 3.55. The van der Waals surface area contributed by atoms with Gasteiger partial charge in [-0.3, -0.25) is 9.11 Å². The van der Waals surface area contributed by atoms with E-state index in [2.05, 4.69) is 30.6 Å². The second kappa shape index (κ2) is 9.55. The molecule has 0 bridgehead atoms. The standard InChI is InChI=1S/C22H31N9O3S/c1-3-31-20(16-9-23-14(2)24-10-16)29-18-19(26-13-27-21(18)31)28-17-4-6-30(11-17)22(32)25-8-15-5-7-35(33,34)12-15/h9-10,13,15,17,33-34H,3-8,11-12H2,1-2H3,(H,25,32)(H,26,27,28). The van der Waals surface area contributed by atoms with Crippen molar-refractivity contribution in [1.82, 2.24) is 39.7 Å². The van der Waals surface area contributed by atoms with E-state index in [-0.39, 0.29) is 18.0 Å². The quantitative estimate of drug-likeness (QED) is 0.399. The molecule has 12 nitrogen and oxygen atoms in total. The van der Waals surface area contributed by atoms with Gasteiger partial charge in [0.1, 0.15) is 18.0 Å². The molecular formula is C22H31N9O3S. The highest BCUT2D eigenvalue weighted by Crippen LogP contribution is 2.48. The van der Waals surface area contributed by atoms with E-state index < -0.39 is 10.6 Å². The first kappa shape index (κ1) is 23.7. The normalized spacial score (nSPS) is 22.5. The summed E-state index contributed by atoms with van der Waals surface area (Å²) in [5, 5.41) is 6.42. The van der Waals surface area contributed by atoms with Gasteiger partial charge < -0.3 is 20.1 Å². The number of hydrogen-bond acceptors (Lipinski definition) is 9. The van der Waals surface area contributed by atoms with Crippen molar-refractivity contribution in [2.45, 2.75) is 39.3 Å². The minimum atomic E-state index is -2.45. The van der Waals surface area contributed by atoms with Gasteiger partial charge in [0, 0.05) is 56.1 Å². The summed E-state index contributed by atoms with van der Waals surface area (Å²) in [4.78, 5) is 36.8. The van der Waals surface area contributed by atoms with Gasteiger partial charge in [0.2, 0.25) is 0 Å². The maximum absolute atomic E-state index is 12.7. The lowest BCUT2D eigenvalue weighted by molar-refractivity contribution is 0.207. The molecule has 2 atom stereocenters. The van der Waals surface area contributed by atoms with Gasteiger partial charge in [-0.25, -0.2) is 29.7 Å². The molecule has 0 radical (unpaired) electrons. The number of hydrogen-bond donors (Lipinski definition) is 4. The van der Waals surface area contributed by atoms with Gasteiger partial charge in [0.25, 0.3) is 0 Å². The highest BCUT2D eigenvalue weighted by Gasteiger charge is 2.31. The van der Waals surface area contributed by atoms with Gasteiger partial charge in [-0.2, -0.15) is 10.6 Å². The zero-order valence-electron chi connectivity index (χ0n) is 19.9. The molecule has 0 saturated carbocycles.